The molecule has 0 aromatic heterocycles. The zero-order valence-corrected chi connectivity index (χ0v) is 19.6. The minimum absolute atomic E-state index is 0.0332. The predicted octanol–water partition coefficient (Wildman–Crippen LogP) is 5.03. The maximum atomic E-state index is 13.6. The van der Waals surface area contributed by atoms with Crippen molar-refractivity contribution in [2.45, 2.75) is 23.5 Å². The zero-order valence-electron chi connectivity index (χ0n) is 18.1. The molecule has 12 heteroatoms. The van der Waals surface area contributed by atoms with Gasteiger partial charge in [0.25, 0.3) is 0 Å². The van der Waals surface area contributed by atoms with E-state index in [1.807, 2.05) is 0 Å². The highest BCUT2D eigenvalue weighted by Gasteiger charge is 2.35. The van der Waals surface area contributed by atoms with Crippen LogP contribution in [0.15, 0.2) is 71.6 Å². The van der Waals surface area contributed by atoms with E-state index in [1.165, 1.54) is 19.2 Å². The average Bonchev–Trinajstić information content (AvgIpc) is 2.79. The molecule has 1 amide bonds. The van der Waals surface area contributed by atoms with E-state index in [-0.39, 0.29) is 27.8 Å². The lowest BCUT2D eigenvalue weighted by Crippen LogP contribution is -2.45. The maximum Gasteiger partial charge on any atom is 0.419 e. The molecule has 6 nitrogen and oxygen atoms in total. The zero-order chi connectivity index (χ0) is 25.8. The highest BCUT2D eigenvalue weighted by molar-refractivity contribution is 7.89. The molecule has 186 valence electrons. The van der Waals surface area contributed by atoms with Gasteiger partial charge in [0.05, 0.1) is 12.7 Å². The minimum Gasteiger partial charge on any atom is -0.495 e. The molecule has 0 saturated heterocycles. The van der Waals surface area contributed by atoms with Gasteiger partial charge in [0.1, 0.15) is 22.5 Å². The number of halogens is 5. The largest absolute Gasteiger partial charge is 0.495 e. The second-order valence-corrected chi connectivity index (χ2v) is 9.46. The molecule has 0 bridgehead atoms. The molecular weight excluding hydrogens is 512 g/mol. The van der Waals surface area contributed by atoms with Gasteiger partial charge in [-0.3, -0.25) is 4.79 Å². The number of carbonyl (C=O) groups excluding carboxylic acids is 1. The normalized spacial score (nSPS) is 12.7. The molecule has 2 N–H and O–H groups in total. The molecule has 0 unspecified atom stereocenters. The molecule has 0 spiro atoms. The molecule has 0 fully saturated rings. The molecule has 3 rings (SSSR count). The number of ether oxygens (including phenoxy) is 1. The Bertz CT molecular complexity index is 1320. The standard InChI is InChI=1S/C23H19ClF4N2O4S/c1-34-20-10-7-15(24)12-21(20)35(32,33)30-19(11-14-5-3-2-4-6-14)22(31)29-16-8-9-18(25)17(13-16)23(26,27)28/h2-10,12-13,19,30H,11H2,1H3,(H,29,31)/t19-/m0/s1. The molecule has 0 radical (unpaired) electrons. The summed E-state index contributed by atoms with van der Waals surface area (Å²) in [4.78, 5) is 12.7. The van der Waals surface area contributed by atoms with Crippen LogP contribution >= 0.6 is 11.6 Å². The minimum atomic E-state index is -4.99. The van der Waals surface area contributed by atoms with Crippen molar-refractivity contribution >= 4 is 33.2 Å². The third-order valence-electron chi connectivity index (χ3n) is 4.85. The van der Waals surface area contributed by atoms with Crippen LogP contribution in [0.5, 0.6) is 5.75 Å². The van der Waals surface area contributed by atoms with Gasteiger partial charge in [0.2, 0.25) is 15.9 Å². The van der Waals surface area contributed by atoms with Crippen molar-refractivity contribution in [3.8, 4) is 5.75 Å². The number of benzene rings is 3. The van der Waals surface area contributed by atoms with E-state index in [0.29, 0.717) is 17.7 Å². The van der Waals surface area contributed by atoms with E-state index < -0.39 is 39.5 Å². The number of hydrogen-bond donors (Lipinski definition) is 2. The number of nitrogens with one attached hydrogen (secondary N) is 2. The lowest BCUT2D eigenvalue weighted by atomic mass is 10.1. The molecule has 35 heavy (non-hydrogen) atoms. The lowest BCUT2D eigenvalue weighted by Gasteiger charge is -2.20. The van der Waals surface area contributed by atoms with Crippen molar-refractivity contribution in [2.24, 2.45) is 0 Å². The van der Waals surface area contributed by atoms with Crippen molar-refractivity contribution in [2.75, 3.05) is 12.4 Å². The topological polar surface area (TPSA) is 84.5 Å². The summed E-state index contributed by atoms with van der Waals surface area (Å²) in [5.41, 5.74) is -1.36. The van der Waals surface area contributed by atoms with Gasteiger partial charge in [-0.1, -0.05) is 41.9 Å². The van der Waals surface area contributed by atoms with Crippen LogP contribution in [0.1, 0.15) is 11.1 Å². The summed E-state index contributed by atoms with van der Waals surface area (Å²) in [5, 5.41) is 2.32. The Balaban J connectivity index is 1.95. The van der Waals surface area contributed by atoms with Gasteiger partial charge in [-0.15, -0.1) is 0 Å². The fourth-order valence-electron chi connectivity index (χ4n) is 3.20. The van der Waals surface area contributed by atoms with Crippen LogP contribution in [-0.2, 0) is 27.4 Å². The third kappa shape index (κ3) is 6.71. The summed E-state index contributed by atoms with van der Waals surface area (Å²) < 4.78 is 86.4. The van der Waals surface area contributed by atoms with Crippen molar-refractivity contribution in [1.29, 1.82) is 0 Å². The SMILES string of the molecule is COc1ccc(Cl)cc1S(=O)(=O)N[C@@H](Cc1ccccc1)C(=O)Nc1ccc(F)c(C(F)(F)F)c1. The maximum absolute atomic E-state index is 13.6. The molecule has 0 heterocycles. The highest BCUT2D eigenvalue weighted by atomic mass is 35.5. The molecule has 0 aliphatic carbocycles. The average molecular weight is 531 g/mol. The van der Waals surface area contributed by atoms with Gasteiger partial charge >= 0.3 is 6.18 Å². The Kier molecular flexibility index (Phi) is 8.04. The summed E-state index contributed by atoms with van der Waals surface area (Å²) in [5.74, 6) is -2.50. The van der Waals surface area contributed by atoms with Gasteiger partial charge in [-0.25, -0.2) is 12.8 Å². The first kappa shape index (κ1) is 26.5. The number of amides is 1. The molecular formula is C23H19ClF4N2O4S. The smallest absolute Gasteiger partial charge is 0.419 e. The summed E-state index contributed by atoms with van der Waals surface area (Å²) in [6.07, 6.45) is -5.12. The van der Waals surface area contributed by atoms with Crippen LogP contribution < -0.4 is 14.8 Å². The van der Waals surface area contributed by atoms with Gasteiger partial charge in [0.15, 0.2) is 0 Å². The van der Waals surface area contributed by atoms with Crippen LogP contribution in [0.3, 0.4) is 0 Å². The Morgan fingerprint density at radius 2 is 1.74 bits per heavy atom. The van der Waals surface area contributed by atoms with E-state index in [4.69, 9.17) is 16.3 Å². The van der Waals surface area contributed by atoms with E-state index in [2.05, 4.69) is 10.0 Å². The number of sulfonamides is 1. The Labute approximate surface area is 203 Å². The van der Waals surface area contributed by atoms with Crippen LogP contribution in [0.4, 0.5) is 23.2 Å². The number of rotatable bonds is 8. The fraction of sp³-hybridized carbons (Fsp3) is 0.174. The number of anilines is 1. The number of hydrogen-bond acceptors (Lipinski definition) is 4. The summed E-state index contributed by atoms with van der Waals surface area (Å²) in [6, 6.07) is 12.7. The second kappa shape index (κ2) is 10.6. The summed E-state index contributed by atoms with van der Waals surface area (Å²) in [7, 11) is -3.13. The molecule has 1 atom stereocenters. The van der Waals surface area contributed by atoms with Crippen LogP contribution in [0, 0.1) is 5.82 Å². The first-order chi connectivity index (χ1) is 16.4. The van der Waals surface area contributed by atoms with Gasteiger partial charge in [-0.2, -0.15) is 17.9 Å². The second-order valence-electron chi connectivity index (χ2n) is 7.34. The number of carbonyl (C=O) groups is 1. The first-order valence-electron chi connectivity index (χ1n) is 9.98. The van der Waals surface area contributed by atoms with E-state index in [1.54, 1.807) is 30.3 Å². The van der Waals surface area contributed by atoms with Crippen molar-refractivity contribution in [3.05, 3.63) is 88.7 Å². The quantitative estimate of drug-likeness (QED) is 0.400. The van der Waals surface area contributed by atoms with Gasteiger partial charge in [0, 0.05) is 10.7 Å². The van der Waals surface area contributed by atoms with Gasteiger partial charge in [-0.05, 0) is 48.4 Å². The van der Waals surface area contributed by atoms with E-state index >= 15 is 0 Å². The first-order valence-corrected chi connectivity index (χ1v) is 11.8. The summed E-state index contributed by atoms with van der Waals surface area (Å²) in [6.45, 7) is 0. The lowest BCUT2D eigenvalue weighted by molar-refractivity contribution is -0.140. The van der Waals surface area contributed by atoms with Gasteiger partial charge < -0.3 is 10.1 Å². The predicted molar refractivity (Wildman–Crippen MR) is 122 cm³/mol. The van der Waals surface area contributed by atoms with E-state index in [0.717, 1.165) is 12.1 Å². The fourth-order valence-corrected chi connectivity index (χ4v) is 4.83. The number of methoxy groups -OCH3 is 1. The van der Waals surface area contributed by atoms with Crippen molar-refractivity contribution in [3.63, 3.8) is 0 Å². The van der Waals surface area contributed by atoms with Crippen LogP contribution in [-0.4, -0.2) is 27.5 Å². The summed E-state index contributed by atoms with van der Waals surface area (Å²) >= 11 is 5.93. The molecule has 3 aromatic carbocycles. The van der Waals surface area contributed by atoms with Crippen LogP contribution in [0.25, 0.3) is 0 Å². The Hall–Kier alpha value is -3.15. The van der Waals surface area contributed by atoms with Crippen molar-refractivity contribution < 1.29 is 35.5 Å². The monoisotopic (exact) mass is 530 g/mol. The Morgan fingerprint density at radius 1 is 1.06 bits per heavy atom. The third-order valence-corrected chi connectivity index (χ3v) is 6.58. The van der Waals surface area contributed by atoms with Crippen molar-refractivity contribution in [1.82, 2.24) is 4.72 Å². The molecule has 0 aliphatic heterocycles. The van der Waals surface area contributed by atoms with E-state index in [9.17, 15) is 30.8 Å². The Morgan fingerprint density at radius 3 is 2.37 bits per heavy atom. The molecule has 0 aliphatic rings. The molecule has 0 saturated carbocycles. The highest BCUT2D eigenvalue weighted by Crippen LogP contribution is 2.33. The molecule has 3 aromatic rings. The van der Waals surface area contributed by atoms with Crippen LogP contribution in [0.2, 0.25) is 5.02 Å². The number of alkyl halides is 3.